The van der Waals surface area contributed by atoms with Gasteiger partial charge in [0, 0.05) is 42.5 Å². The Bertz CT molecular complexity index is 184. The number of rotatable bonds is 6. The van der Waals surface area contributed by atoms with Crippen molar-refractivity contribution in [2.75, 3.05) is 37.4 Å². The molecule has 0 aromatic carbocycles. The molecule has 1 atom stereocenters. The third-order valence-corrected chi connectivity index (χ3v) is 5.14. The highest BCUT2D eigenvalue weighted by Crippen LogP contribution is 2.23. The molecule has 1 saturated heterocycles. The maximum absolute atomic E-state index is 10.9. The lowest BCUT2D eigenvalue weighted by molar-refractivity contribution is -0.120. The van der Waals surface area contributed by atoms with Crippen molar-refractivity contribution in [2.24, 2.45) is 0 Å². The molecule has 0 bridgehead atoms. The van der Waals surface area contributed by atoms with Crippen LogP contribution in [0.25, 0.3) is 0 Å². The topological polar surface area (TPSA) is 41.1 Å². The second kappa shape index (κ2) is 8.30. The van der Waals surface area contributed by atoms with Crippen molar-refractivity contribution < 1.29 is 4.79 Å². The van der Waals surface area contributed by atoms with Gasteiger partial charge in [0.25, 0.3) is 0 Å². The fourth-order valence-electron chi connectivity index (χ4n) is 1.42. The van der Waals surface area contributed by atoms with Crippen LogP contribution < -0.4 is 10.6 Å². The SMILES string of the molecule is CNC(=O)CCCNCC1CSCCS1. The van der Waals surface area contributed by atoms with Gasteiger partial charge in [0.1, 0.15) is 0 Å². The molecule has 0 saturated carbocycles. The highest BCUT2D eigenvalue weighted by Gasteiger charge is 2.13. The zero-order valence-electron chi connectivity index (χ0n) is 9.25. The van der Waals surface area contributed by atoms with Crippen LogP contribution in [0.5, 0.6) is 0 Å². The molecule has 15 heavy (non-hydrogen) atoms. The standard InChI is InChI=1S/C10H20N2OS2/c1-11-10(13)3-2-4-12-7-9-8-14-5-6-15-9/h9,12H,2-8H2,1H3,(H,11,13). The van der Waals surface area contributed by atoms with Crippen molar-refractivity contribution in [3.8, 4) is 0 Å². The fraction of sp³-hybridized carbons (Fsp3) is 0.900. The summed E-state index contributed by atoms with van der Waals surface area (Å²) in [6, 6.07) is 0. The van der Waals surface area contributed by atoms with E-state index in [-0.39, 0.29) is 5.91 Å². The highest BCUT2D eigenvalue weighted by atomic mass is 32.2. The van der Waals surface area contributed by atoms with Crippen molar-refractivity contribution in [1.82, 2.24) is 10.6 Å². The Morgan fingerprint density at radius 3 is 3.00 bits per heavy atom. The minimum atomic E-state index is 0.138. The van der Waals surface area contributed by atoms with Crippen LogP contribution in [0.1, 0.15) is 12.8 Å². The first-order valence-corrected chi connectivity index (χ1v) is 7.64. The molecule has 0 aromatic rings. The Morgan fingerprint density at radius 2 is 2.33 bits per heavy atom. The van der Waals surface area contributed by atoms with Gasteiger partial charge in [-0.1, -0.05) is 0 Å². The minimum Gasteiger partial charge on any atom is -0.359 e. The lowest BCUT2D eigenvalue weighted by Gasteiger charge is -2.21. The summed E-state index contributed by atoms with van der Waals surface area (Å²) in [5.74, 6) is 4.00. The lowest BCUT2D eigenvalue weighted by Crippen LogP contribution is -2.30. The number of nitrogens with one attached hydrogen (secondary N) is 2. The van der Waals surface area contributed by atoms with Gasteiger partial charge in [0.15, 0.2) is 0 Å². The van der Waals surface area contributed by atoms with Crippen LogP contribution in [0.15, 0.2) is 0 Å². The second-order valence-electron chi connectivity index (χ2n) is 3.55. The molecule has 0 aliphatic carbocycles. The Kier molecular flexibility index (Phi) is 7.30. The average Bonchev–Trinajstić information content (AvgIpc) is 2.29. The first-order valence-electron chi connectivity index (χ1n) is 5.43. The predicted molar refractivity (Wildman–Crippen MR) is 69.7 cm³/mol. The largest absolute Gasteiger partial charge is 0.359 e. The summed E-state index contributed by atoms with van der Waals surface area (Å²) in [5, 5.41) is 6.82. The third kappa shape index (κ3) is 6.33. The van der Waals surface area contributed by atoms with Crippen molar-refractivity contribution in [1.29, 1.82) is 0 Å². The highest BCUT2D eigenvalue weighted by molar-refractivity contribution is 8.06. The van der Waals surface area contributed by atoms with E-state index >= 15 is 0 Å². The molecule has 1 heterocycles. The Labute approximate surface area is 101 Å². The summed E-state index contributed by atoms with van der Waals surface area (Å²) in [4.78, 5) is 10.9. The number of carbonyl (C=O) groups is 1. The van der Waals surface area contributed by atoms with Crippen LogP contribution >= 0.6 is 23.5 Å². The monoisotopic (exact) mass is 248 g/mol. The van der Waals surface area contributed by atoms with Crippen LogP contribution in [-0.2, 0) is 4.79 Å². The Morgan fingerprint density at radius 1 is 1.47 bits per heavy atom. The average molecular weight is 248 g/mol. The van der Waals surface area contributed by atoms with E-state index < -0.39 is 0 Å². The summed E-state index contributed by atoms with van der Waals surface area (Å²) in [6.07, 6.45) is 1.57. The van der Waals surface area contributed by atoms with E-state index in [2.05, 4.69) is 34.2 Å². The number of thioether (sulfide) groups is 2. The fourth-order valence-corrected chi connectivity index (χ4v) is 4.06. The molecule has 1 rings (SSSR count). The van der Waals surface area contributed by atoms with Gasteiger partial charge in [-0.05, 0) is 13.0 Å². The maximum Gasteiger partial charge on any atom is 0.219 e. The summed E-state index contributed by atoms with van der Waals surface area (Å²) in [7, 11) is 1.69. The summed E-state index contributed by atoms with van der Waals surface area (Å²) >= 11 is 4.12. The van der Waals surface area contributed by atoms with Crippen molar-refractivity contribution in [3.05, 3.63) is 0 Å². The zero-order valence-corrected chi connectivity index (χ0v) is 10.9. The van der Waals surface area contributed by atoms with Gasteiger partial charge in [-0.3, -0.25) is 4.79 Å². The molecule has 5 heteroatoms. The predicted octanol–water partition coefficient (Wildman–Crippen LogP) is 0.951. The van der Waals surface area contributed by atoms with Crippen LogP contribution in [0, 0.1) is 0 Å². The molecule has 88 valence electrons. The minimum absolute atomic E-state index is 0.138. The van der Waals surface area contributed by atoms with E-state index in [1.165, 1.54) is 17.3 Å². The van der Waals surface area contributed by atoms with Gasteiger partial charge in [0.2, 0.25) is 5.91 Å². The van der Waals surface area contributed by atoms with Gasteiger partial charge in [-0.25, -0.2) is 0 Å². The molecular formula is C10H20N2OS2. The van der Waals surface area contributed by atoms with Gasteiger partial charge < -0.3 is 10.6 Å². The van der Waals surface area contributed by atoms with E-state index in [0.29, 0.717) is 6.42 Å². The third-order valence-electron chi connectivity index (χ3n) is 2.29. The molecular weight excluding hydrogens is 228 g/mol. The molecule has 1 fully saturated rings. The molecule has 0 spiro atoms. The number of hydrogen-bond acceptors (Lipinski definition) is 4. The van der Waals surface area contributed by atoms with E-state index in [1.807, 2.05) is 0 Å². The molecule has 1 amide bonds. The molecule has 3 nitrogen and oxygen atoms in total. The molecule has 2 N–H and O–H groups in total. The zero-order chi connectivity index (χ0) is 10.9. The molecule has 0 radical (unpaired) electrons. The van der Waals surface area contributed by atoms with E-state index in [1.54, 1.807) is 7.05 Å². The lowest BCUT2D eigenvalue weighted by atomic mass is 10.3. The number of carbonyl (C=O) groups excluding carboxylic acids is 1. The number of hydrogen-bond donors (Lipinski definition) is 2. The van der Waals surface area contributed by atoms with E-state index in [4.69, 9.17) is 0 Å². The van der Waals surface area contributed by atoms with Crippen LogP contribution in [-0.4, -0.2) is 48.6 Å². The second-order valence-corrected chi connectivity index (χ2v) is 6.11. The summed E-state index contributed by atoms with van der Waals surface area (Å²) < 4.78 is 0. The quantitative estimate of drug-likeness (QED) is 0.687. The molecule has 0 aromatic heterocycles. The summed E-state index contributed by atoms with van der Waals surface area (Å²) in [5.41, 5.74) is 0. The van der Waals surface area contributed by atoms with Gasteiger partial charge >= 0.3 is 0 Å². The number of amides is 1. The van der Waals surface area contributed by atoms with E-state index in [0.717, 1.165) is 24.8 Å². The first-order chi connectivity index (χ1) is 7.33. The van der Waals surface area contributed by atoms with Crippen molar-refractivity contribution in [2.45, 2.75) is 18.1 Å². The normalized spacial score (nSPS) is 21.3. The molecule has 1 unspecified atom stereocenters. The van der Waals surface area contributed by atoms with Gasteiger partial charge in [-0.15, -0.1) is 0 Å². The summed E-state index contributed by atoms with van der Waals surface area (Å²) in [6.45, 7) is 2.04. The van der Waals surface area contributed by atoms with Crippen LogP contribution in [0.3, 0.4) is 0 Å². The smallest absolute Gasteiger partial charge is 0.219 e. The molecule has 1 aliphatic heterocycles. The maximum atomic E-state index is 10.9. The Balaban J connectivity index is 1.89. The first kappa shape index (κ1) is 13.2. The van der Waals surface area contributed by atoms with Crippen molar-refractivity contribution >= 4 is 29.4 Å². The van der Waals surface area contributed by atoms with Crippen LogP contribution in [0.2, 0.25) is 0 Å². The Hall–Kier alpha value is 0.130. The van der Waals surface area contributed by atoms with Gasteiger partial charge in [0.05, 0.1) is 0 Å². The van der Waals surface area contributed by atoms with Gasteiger partial charge in [-0.2, -0.15) is 23.5 Å². The van der Waals surface area contributed by atoms with E-state index in [9.17, 15) is 4.79 Å². The van der Waals surface area contributed by atoms with Crippen molar-refractivity contribution in [3.63, 3.8) is 0 Å². The molecule has 1 aliphatic rings. The van der Waals surface area contributed by atoms with Crippen LogP contribution in [0.4, 0.5) is 0 Å².